The van der Waals surface area contributed by atoms with E-state index in [1.54, 1.807) is 0 Å². The maximum absolute atomic E-state index is 8.74. The molecule has 0 fully saturated rings. The molecule has 0 heterocycles. The predicted octanol–water partition coefficient (Wildman–Crippen LogP) is -1.48. The zero-order chi connectivity index (χ0) is 4.50. The van der Waals surface area contributed by atoms with E-state index < -0.39 is 10.4 Å². The fourth-order valence-electron chi connectivity index (χ4n) is 0. The van der Waals surface area contributed by atoms with Crippen molar-refractivity contribution in [2.24, 2.45) is 0 Å². The molecule has 8 heavy (non-hydrogen) atoms. The van der Waals surface area contributed by atoms with Gasteiger partial charge in [0.15, 0.2) is 0 Å². The smallest absolute Gasteiger partial charge is 0.394 e. The Morgan fingerprint density at radius 2 is 1.12 bits per heavy atom. The van der Waals surface area contributed by atoms with Crippen LogP contribution in [0.25, 0.3) is 0 Å². The minimum Gasteiger partial charge on any atom is -0.412 e. The first-order chi connectivity index (χ1) is 2.00. The topological polar surface area (TPSA) is 106 Å². The largest absolute Gasteiger partial charge is 0.412 e. The second kappa shape index (κ2) is 7.95. The van der Waals surface area contributed by atoms with Crippen LogP contribution in [0.5, 0.6) is 0 Å². The molecule has 0 aliphatic heterocycles. The van der Waals surface area contributed by atoms with Crippen LogP contribution in [0.1, 0.15) is 0 Å². The summed E-state index contributed by atoms with van der Waals surface area (Å²) in [6, 6.07) is 0. The average molecular weight is 276 g/mol. The van der Waals surface area contributed by atoms with Crippen molar-refractivity contribution in [2.75, 3.05) is 0 Å². The summed E-state index contributed by atoms with van der Waals surface area (Å²) in [5, 5.41) is 0. The summed E-state index contributed by atoms with van der Waals surface area (Å²) in [5.41, 5.74) is 0. The van der Waals surface area contributed by atoms with Crippen molar-refractivity contribution in [3.8, 4) is 0 Å². The summed E-state index contributed by atoms with van der Waals surface area (Å²) in [6.07, 6.45) is 0. The van der Waals surface area contributed by atoms with E-state index in [0.717, 1.165) is 0 Å². The van der Waals surface area contributed by atoms with Gasteiger partial charge >= 0.3 is 10.4 Å². The van der Waals surface area contributed by atoms with Gasteiger partial charge in [-0.3, -0.25) is 9.11 Å². The Balaban J connectivity index is -0.0000000267. The van der Waals surface area contributed by atoms with Crippen LogP contribution < -0.4 is 0 Å². The second-order valence-corrected chi connectivity index (χ2v) is 1.34. The van der Waals surface area contributed by atoms with Crippen LogP contribution in [0, 0.1) is 0 Å². The van der Waals surface area contributed by atoms with E-state index in [4.69, 9.17) is 17.5 Å². The van der Waals surface area contributed by atoms with Crippen molar-refractivity contribution >= 4 is 10.4 Å². The van der Waals surface area contributed by atoms with Gasteiger partial charge in [-0.25, -0.2) is 0 Å². The molecule has 0 saturated heterocycles. The van der Waals surface area contributed by atoms with Crippen LogP contribution in [0.15, 0.2) is 0 Å². The van der Waals surface area contributed by atoms with Crippen molar-refractivity contribution < 1.29 is 59.0 Å². The SMILES string of the molecule is O.O=S(=O)(O)O.[Ni].[Ru]. The molecule has 0 bridgehead atoms. The molecular weight excluding hydrogens is 272 g/mol. The molecule has 0 aromatic heterocycles. The van der Waals surface area contributed by atoms with Crippen molar-refractivity contribution in [2.45, 2.75) is 0 Å². The molecule has 0 aromatic rings. The van der Waals surface area contributed by atoms with E-state index in [2.05, 4.69) is 0 Å². The first-order valence-electron chi connectivity index (χ1n) is 0.698. The molecule has 0 aliphatic rings. The standard InChI is InChI=1S/Ni.H2O4S.H2O.Ru/c;1-5(2,3)4;;/h;(H2,1,2,3,4);1H2;. The molecule has 0 atom stereocenters. The van der Waals surface area contributed by atoms with Crippen molar-refractivity contribution in [1.82, 2.24) is 0 Å². The Bertz CT molecular complexity index is 95.6. The first kappa shape index (κ1) is 23.1. The molecule has 0 radical (unpaired) electrons. The van der Waals surface area contributed by atoms with Crippen LogP contribution in [-0.2, 0) is 46.4 Å². The molecule has 0 spiro atoms. The third-order valence-electron chi connectivity index (χ3n) is 0. The molecule has 8 heteroatoms. The van der Waals surface area contributed by atoms with E-state index in [-0.39, 0.29) is 41.4 Å². The number of rotatable bonds is 0. The summed E-state index contributed by atoms with van der Waals surface area (Å²) in [7, 11) is -4.67. The van der Waals surface area contributed by atoms with Gasteiger partial charge in [-0.05, 0) is 0 Å². The van der Waals surface area contributed by atoms with Crippen molar-refractivity contribution in [3.63, 3.8) is 0 Å². The molecule has 0 aliphatic carbocycles. The number of hydrogen-bond donors (Lipinski definition) is 2. The summed E-state index contributed by atoms with van der Waals surface area (Å²) in [4.78, 5) is 0. The molecule has 0 aromatic carbocycles. The molecule has 0 saturated carbocycles. The Kier molecular flexibility index (Phi) is 22.9. The summed E-state index contributed by atoms with van der Waals surface area (Å²) in [5.74, 6) is 0. The fraction of sp³-hybridized carbons (Fsp3) is 0. The van der Waals surface area contributed by atoms with Crippen molar-refractivity contribution in [3.05, 3.63) is 0 Å². The molecular formula is H4NiO5RuS. The zero-order valence-corrected chi connectivity index (χ0v) is 6.83. The molecule has 58 valence electrons. The quantitative estimate of drug-likeness (QED) is 0.415. The molecule has 4 N–H and O–H groups in total. The van der Waals surface area contributed by atoms with Gasteiger partial charge < -0.3 is 5.48 Å². The summed E-state index contributed by atoms with van der Waals surface area (Å²) >= 11 is 0. The Morgan fingerprint density at radius 3 is 1.12 bits per heavy atom. The Morgan fingerprint density at radius 1 is 1.12 bits per heavy atom. The van der Waals surface area contributed by atoms with E-state index in [1.807, 2.05) is 0 Å². The normalized spacial score (nSPS) is 7.25. The maximum atomic E-state index is 8.74. The minimum atomic E-state index is -4.67. The number of hydrogen-bond acceptors (Lipinski definition) is 2. The van der Waals surface area contributed by atoms with Crippen LogP contribution in [0.4, 0.5) is 0 Å². The van der Waals surface area contributed by atoms with Gasteiger partial charge in [0.05, 0.1) is 0 Å². The van der Waals surface area contributed by atoms with Crippen LogP contribution in [0.3, 0.4) is 0 Å². The maximum Gasteiger partial charge on any atom is 0.394 e. The second-order valence-electron chi connectivity index (χ2n) is 0.448. The summed E-state index contributed by atoms with van der Waals surface area (Å²) < 4.78 is 31.6. The molecule has 5 nitrogen and oxygen atoms in total. The van der Waals surface area contributed by atoms with Crippen LogP contribution in [0.2, 0.25) is 0 Å². The van der Waals surface area contributed by atoms with Crippen LogP contribution in [-0.4, -0.2) is 23.0 Å². The fourth-order valence-corrected chi connectivity index (χ4v) is 0. The van der Waals surface area contributed by atoms with Crippen molar-refractivity contribution in [1.29, 1.82) is 0 Å². The molecule has 0 rings (SSSR count). The zero-order valence-electron chi connectivity index (χ0n) is 3.29. The first-order valence-corrected chi connectivity index (χ1v) is 2.10. The van der Waals surface area contributed by atoms with Gasteiger partial charge in [0.1, 0.15) is 0 Å². The average Bonchev–Trinajstić information content (AvgIpc) is 0.722. The van der Waals surface area contributed by atoms with E-state index in [0.29, 0.717) is 0 Å². The predicted molar refractivity (Wildman–Crippen MR) is 17.8 cm³/mol. The van der Waals surface area contributed by atoms with E-state index >= 15 is 0 Å². The van der Waals surface area contributed by atoms with E-state index in [1.165, 1.54) is 0 Å². The summed E-state index contributed by atoms with van der Waals surface area (Å²) in [6.45, 7) is 0. The van der Waals surface area contributed by atoms with Crippen LogP contribution >= 0.6 is 0 Å². The van der Waals surface area contributed by atoms with Gasteiger partial charge in [0.2, 0.25) is 0 Å². The Hall–Kier alpha value is 0.947. The minimum absolute atomic E-state index is 0. The van der Waals surface area contributed by atoms with Gasteiger partial charge in [-0.2, -0.15) is 8.42 Å². The third-order valence-corrected chi connectivity index (χ3v) is 0. The third kappa shape index (κ3) is 274. The van der Waals surface area contributed by atoms with Gasteiger partial charge in [-0.1, -0.05) is 0 Å². The van der Waals surface area contributed by atoms with Gasteiger partial charge in [0, 0.05) is 36.0 Å². The molecule has 0 amide bonds. The van der Waals surface area contributed by atoms with Gasteiger partial charge in [-0.15, -0.1) is 0 Å². The van der Waals surface area contributed by atoms with E-state index in [9.17, 15) is 0 Å². The Labute approximate surface area is 69.4 Å². The van der Waals surface area contributed by atoms with Gasteiger partial charge in [0.25, 0.3) is 0 Å². The molecule has 0 unspecified atom stereocenters. The monoisotopic (exact) mass is 276 g/mol.